The number of esters is 1. The summed E-state index contributed by atoms with van der Waals surface area (Å²) >= 11 is 0. The van der Waals surface area contributed by atoms with Crippen LogP contribution >= 0.6 is 0 Å². The van der Waals surface area contributed by atoms with Crippen LogP contribution < -0.4 is 4.74 Å². The number of nitrogens with zero attached hydrogens (tertiary/aromatic N) is 1. The Morgan fingerprint density at radius 2 is 1.85 bits per heavy atom. The molecule has 4 rings (SSSR count). The fourth-order valence-electron chi connectivity index (χ4n) is 4.03. The van der Waals surface area contributed by atoms with E-state index in [9.17, 15) is 14.9 Å². The van der Waals surface area contributed by atoms with Crippen LogP contribution in [-0.4, -0.2) is 29.7 Å². The van der Waals surface area contributed by atoms with Crippen molar-refractivity contribution in [2.45, 2.75) is 37.1 Å². The second-order valence-electron chi connectivity index (χ2n) is 7.03. The minimum absolute atomic E-state index is 0.0692. The van der Waals surface area contributed by atoms with E-state index in [1.54, 1.807) is 7.11 Å². The molecule has 0 N–H and O–H groups in total. The molecule has 0 radical (unpaired) electrons. The summed E-state index contributed by atoms with van der Waals surface area (Å²) in [4.78, 5) is 22.8. The Hall–Kier alpha value is -2.93. The van der Waals surface area contributed by atoms with Crippen LogP contribution in [0, 0.1) is 10.1 Å². The lowest BCUT2D eigenvalue weighted by Crippen LogP contribution is -2.31. The lowest BCUT2D eigenvalue weighted by molar-refractivity contribution is -0.384. The molecule has 7 nitrogen and oxygen atoms in total. The van der Waals surface area contributed by atoms with Gasteiger partial charge in [0, 0.05) is 12.1 Å². The number of epoxide rings is 1. The fraction of sp³-hybridized carbons (Fsp3) is 0.350. The monoisotopic (exact) mass is 369 g/mol. The Labute approximate surface area is 156 Å². The molecule has 1 heterocycles. The van der Waals surface area contributed by atoms with E-state index >= 15 is 0 Å². The molecule has 1 saturated carbocycles. The van der Waals surface area contributed by atoms with Gasteiger partial charge in [0.1, 0.15) is 17.5 Å². The second kappa shape index (κ2) is 6.06. The highest BCUT2D eigenvalue weighted by atomic mass is 16.7. The summed E-state index contributed by atoms with van der Waals surface area (Å²) in [6.07, 6.45) is 1.07. The molecule has 0 amide bonds. The molecule has 2 fully saturated rings. The van der Waals surface area contributed by atoms with E-state index in [4.69, 9.17) is 14.2 Å². The zero-order valence-electron chi connectivity index (χ0n) is 15.0. The van der Waals surface area contributed by atoms with E-state index in [0.717, 1.165) is 17.7 Å². The molecule has 0 unspecified atom stereocenters. The number of fused-ring (bicyclic) bond motifs is 1. The first-order chi connectivity index (χ1) is 12.9. The van der Waals surface area contributed by atoms with Crippen molar-refractivity contribution in [3.8, 4) is 5.75 Å². The molecular weight excluding hydrogens is 350 g/mol. The third-order valence-corrected chi connectivity index (χ3v) is 5.55. The smallest absolute Gasteiger partial charge is 0.338 e. The van der Waals surface area contributed by atoms with Crippen molar-refractivity contribution in [3.63, 3.8) is 0 Å². The number of nitro groups is 1. The summed E-state index contributed by atoms with van der Waals surface area (Å²) in [5, 5.41) is 10.8. The van der Waals surface area contributed by atoms with E-state index < -0.39 is 22.6 Å². The molecule has 0 bridgehead atoms. The number of non-ortho nitro benzene ring substituents is 1. The molecular formula is C20H19NO6. The molecule has 1 saturated heterocycles. The summed E-state index contributed by atoms with van der Waals surface area (Å²) in [6, 6.07) is 13.0. The van der Waals surface area contributed by atoms with Gasteiger partial charge >= 0.3 is 5.97 Å². The van der Waals surface area contributed by atoms with Gasteiger partial charge in [0.15, 0.2) is 5.60 Å². The van der Waals surface area contributed by atoms with Crippen molar-refractivity contribution in [2.75, 3.05) is 7.11 Å². The van der Waals surface area contributed by atoms with Crippen LogP contribution in [0.25, 0.3) is 0 Å². The van der Waals surface area contributed by atoms with Crippen LogP contribution in [0.5, 0.6) is 5.75 Å². The Kier molecular flexibility index (Phi) is 3.92. The number of carbonyl (C=O) groups is 1. The third-order valence-electron chi connectivity index (χ3n) is 5.55. The molecule has 0 aromatic heterocycles. The van der Waals surface area contributed by atoms with Gasteiger partial charge in [0.05, 0.1) is 17.6 Å². The summed E-state index contributed by atoms with van der Waals surface area (Å²) < 4.78 is 17.1. The van der Waals surface area contributed by atoms with E-state index in [0.29, 0.717) is 6.42 Å². The summed E-state index contributed by atoms with van der Waals surface area (Å²) in [5.74, 6) is 0.234. The quantitative estimate of drug-likeness (QED) is 0.346. The molecule has 2 aromatic rings. The average molecular weight is 369 g/mol. The zero-order chi connectivity index (χ0) is 19.2. The highest BCUT2D eigenvalue weighted by Crippen LogP contribution is 2.66. The van der Waals surface area contributed by atoms with Crippen LogP contribution in [0.3, 0.4) is 0 Å². The lowest BCUT2D eigenvalue weighted by Gasteiger charge is -2.22. The van der Waals surface area contributed by atoms with E-state index in [1.165, 1.54) is 24.3 Å². The van der Waals surface area contributed by atoms with Crippen molar-refractivity contribution in [3.05, 3.63) is 69.8 Å². The number of methoxy groups -OCH3 is 1. The van der Waals surface area contributed by atoms with Gasteiger partial charge in [-0.25, -0.2) is 4.79 Å². The molecule has 1 aliphatic carbocycles. The maximum atomic E-state index is 12.6. The van der Waals surface area contributed by atoms with Crippen molar-refractivity contribution >= 4 is 11.7 Å². The number of hydrogen-bond acceptors (Lipinski definition) is 6. The lowest BCUT2D eigenvalue weighted by atomic mass is 9.88. The van der Waals surface area contributed by atoms with Gasteiger partial charge in [-0.3, -0.25) is 10.1 Å². The summed E-state index contributed by atoms with van der Waals surface area (Å²) in [7, 11) is 1.61. The van der Waals surface area contributed by atoms with Gasteiger partial charge in [-0.05, 0) is 49.6 Å². The topological polar surface area (TPSA) is 91.2 Å². The van der Waals surface area contributed by atoms with Crippen LogP contribution in [0.1, 0.15) is 35.7 Å². The minimum atomic E-state index is -0.657. The number of carbonyl (C=O) groups excluding carboxylic acids is 1. The molecule has 27 heavy (non-hydrogen) atoms. The van der Waals surface area contributed by atoms with Gasteiger partial charge in [0.25, 0.3) is 5.69 Å². The minimum Gasteiger partial charge on any atom is -0.497 e. The van der Waals surface area contributed by atoms with Crippen molar-refractivity contribution < 1.29 is 23.9 Å². The van der Waals surface area contributed by atoms with Crippen LogP contribution in [0.2, 0.25) is 0 Å². The molecule has 2 aromatic carbocycles. The molecule has 0 spiro atoms. The fourth-order valence-corrected chi connectivity index (χ4v) is 4.03. The highest BCUT2D eigenvalue weighted by molar-refractivity contribution is 5.89. The van der Waals surface area contributed by atoms with Crippen LogP contribution in [-0.2, 0) is 15.1 Å². The summed E-state index contributed by atoms with van der Waals surface area (Å²) in [6.45, 7) is 2.02. The number of hydrogen-bond donors (Lipinski definition) is 0. The number of nitro benzene ring substituents is 1. The average Bonchev–Trinajstić information content (AvgIpc) is 3.22. The Morgan fingerprint density at radius 1 is 1.19 bits per heavy atom. The normalized spacial score (nSPS) is 28.3. The number of ether oxygens (including phenoxy) is 3. The molecule has 2 aliphatic rings. The van der Waals surface area contributed by atoms with Gasteiger partial charge in [-0.1, -0.05) is 12.1 Å². The second-order valence-corrected chi connectivity index (χ2v) is 7.03. The zero-order valence-corrected chi connectivity index (χ0v) is 15.0. The maximum absolute atomic E-state index is 12.6. The standard InChI is InChI=1S/C20H19NO6/c1-19-12-11-17(20(19,27-19)14-5-9-16(25-2)10-6-14)26-18(22)13-3-7-15(8-4-13)21(23)24/h3-10,17H,11-12H2,1-2H3/t17-,19-,20+/m1/s1. The molecule has 3 atom stereocenters. The third kappa shape index (κ3) is 2.66. The Morgan fingerprint density at radius 3 is 2.41 bits per heavy atom. The van der Waals surface area contributed by atoms with Crippen LogP contribution in [0.4, 0.5) is 5.69 Å². The van der Waals surface area contributed by atoms with Gasteiger partial charge in [-0.15, -0.1) is 0 Å². The Balaban J connectivity index is 1.56. The van der Waals surface area contributed by atoms with Gasteiger partial charge in [0.2, 0.25) is 0 Å². The number of rotatable bonds is 5. The first kappa shape index (κ1) is 17.5. The van der Waals surface area contributed by atoms with Gasteiger partial charge < -0.3 is 14.2 Å². The number of benzene rings is 2. The Bertz CT molecular complexity index is 894. The van der Waals surface area contributed by atoms with Crippen molar-refractivity contribution in [1.29, 1.82) is 0 Å². The van der Waals surface area contributed by atoms with E-state index in [1.807, 2.05) is 31.2 Å². The predicted octanol–water partition coefficient (Wildman–Crippen LogP) is 3.61. The van der Waals surface area contributed by atoms with Crippen molar-refractivity contribution in [1.82, 2.24) is 0 Å². The van der Waals surface area contributed by atoms with Gasteiger partial charge in [-0.2, -0.15) is 0 Å². The SMILES string of the molecule is COc1ccc([C@@]23O[C@]2(C)CC[C@H]3OC(=O)c2ccc([N+](=O)[O-])cc2)cc1. The maximum Gasteiger partial charge on any atom is 0.338 e. The van der Waals surface area contributed by atoms with E-state index in [2.05, 4.69) is 0 Å². The molecule has 1 aliphatic heterocycles. The molecule has 7 heteroatoms. The molecule has 140 valence electrons. The first-order valence-electron chi connectivity index (χ1n) is 8.70. The first-order valence-corrected chi connectivity index (χ1v) is 8.70. The summed E-state index contributed by atoms with van der Waals surface area (Å²) in [5.41, 5.74) is 0.141. The predicted molar refractivity (Wildman–Crippen MR) is 95.7 cm³/mol. The van der Waals surface area contributed by atoms with Crippen molar-refractivity contribution in [2.24, 2.45) is 0 Å². The van der Waals surface area contributed by atoms with E-state index in [-0.39, 0.29) is 16.9 Å². The van der Waals surface area contributed by atoms with Crippen LogP contribution in [0.15, 0.2) is 48.5 Å². The highest BCUT2D eigenvalue weighted by Gasteiger charge is 2.76. The largest absolute Gasteiger partial charge is 0.497 e.